The molecule has 1 aromatic heterocycles. The molecular weight excluding hydrogens is 528 g/mol. The number of carboxylic acid groups (broad SMARTS) is 1. The summed E-state index contributed by atoms with van der Waals surface area (Å²) in [7, 11) is 1.59. The van der Waals surface area contributed by atoms with Gasteiger partial charge in [0.05, 0.1) is 30.1 Å². The van der Waals surface area contributed by atoms with Crippen LogP contribution in [-0.4, -0.2) is 115 Å². The Balaban J connectivity index is 1.22. The van der Waals surface area contributed by atoms with Crippen LogP contribution in [0.25, 0.3) is 0 Å². The Labute approximate surface area is 229 Å². The van der Waals surface area contributed by atoms with Crippen molar-refractivity contribution in [3.8, 4) is 0 Å². The van der Waals surface area contributed by atoms with Gasteiger partial charge in [-0.3, -0.25) is 14.4 Å². The summed E-state index contributed by atoms with van der Waals surface area (Å²) < 4.78 is 6.70. The number of ether oxygens (including phenoxy) is 1. The van der Waals surface area contributed by atoms with Gasteiger partial charge in [0.25, 0.3) is 0 Å². The van der Waals surface area contributed by atoms with Crippen LogP contribution in [-0.2, 0) is 30.5 Å². The third kappa shape index (κ3) is 5.08. The molecule has 4 aliphatic rings. The van der Waals surface area contributed by atoms with E-state index in [0.29, 0.717) is 31.0 Å². The van der Waals surface area contributed by atoms with Crippen LogP contribution in [0, 0.1) is 17.8 Å². The number of aromatic nitrogens is 4. The second-order valence-electron chi connectivity index (χ2n) is 10.9. The van der Waals surface area contributed by atoms with E-state index in [1.807, 2.05) is 13.8 Å². The predicted molar refractivity (Wildman–Crippen MR) is 138 cm³/mol. The Morgan fingerprint density at radius 2 is 2.10 bits per heavy atom. The number of carbonyl (C=O) groups is 4. The first-order chi connectivity index (χ1) is 18.6. The van der Waals surface area contributed by atoms with E-state index in [0.717, 1.165) is 0 Å². The summed E-state index contributed by atoms with van der Waals surface area (Å²) in [5, 5.41) is 24.0. The number of hydrogen-bond acceptors (Lipinski definition) is 11. The van der Waals surface area contributed by atoms with Crippen molar-refractivity contribution >= 4 is 35.3 Å². The first kappa shape index (κ1) is 27.7. The Morgan fingerprint density at radius 1 is 1.33 bits per heavy atom. The molecule has 0 saturated carbocycles. The normalized spacial score (nSPS) is 32.9. The summed E-state index contributed by atoms with van der Waals surface area (Å²) in [6, 6.07) is -0.917. The van der Waals surface area contributed by atoms with Crippen molar-refractivity contribution in [2.24, 2.45) is 23.5 Å². The average Bonchev–Trinajstić information content (AvgIpc) is 3.67. The number of ketones is 1. The number of carboxylic acids is 1. The molecule has 2 amide bonds. The molecule has 15 heteroatoms. The number of tetrazole rings is 1. The fourth-order valence-electron chi connectivity index (χ4n) is 6.36. The Morgan fingerprint density at radius 3 is 2.74 bits per heavy atom. The molecule has 4 aliphatic heterocycles. The number of amides is 2. The van der Waals surface area contributed by atoms with E-state index >= 15 is 0 Å². The zero-order valence-electron chi connectivity index (χ0n) is 22.1. The molecule has 0 radical (unpaired) electrons. The number of β-lactam (4-membered cyclic amide) rings is 1. The molecule has 14 nitrogen and oxygen atoms in total. The van der Waals surface area contributed by atoms with Crippen molar-refractivity contribution in [1.29, 1.82) is 0 Å². The van der Waals surface area contributed by atoms with E-state index in [1.54, 1.807) is 12.0 Å². The van der Waals surface area contributed by atoms with Crippen molar-refractivity contribution in [1.82, 2.24) is 35.3 Å². The van der Waals surface area contributed by atoms with E-state index in [-0.39, 0.29) is 77.6 Å². The Bertz CT molecular complexity index is 1180. The quantitative estimate of drug-likeness (QED) is 0.286. The molecule has 5 rings (SSSR count). The van der Waals surface area contributed by atoms with Gasteiger partial charge in [0, 0.05) is 49.2 Å². The summed E-state index contributed by atoms with van der Waals surface area (Å²) >= 11 is 1.44. The fourth-order valence-corrected chi connectivity index (χ4v) is 7.84. The van der Waals surface area contributed by atoms with Gasteiger partial charge < -0.3 is 30.7 Å². The number of methoxy groups -OCH3 is 1. The third-order valence-corrected chi connectivity index (χ3v) is 9.80. The topological polar surface area (TPSA) is 186 Å². The number of Topliss-reactive ketones (excluding diaryl/α,β-unsaturated/α-hetero) is 1. The van der Waals surface area contributed by atoms with Gasteiger partial charge in [-0.05, 0) is 22.8 Å². The number of aliphatic carboxylic acids is 1. The maximum Gasteiger partial charge on any atom is 0.353 e. The molecule has 0 aromatic carbocycles. The summed E-state index contributed by atoms with van der Waals surface area (Å²) in [6.07, 6.45) is 1.88. The predicted octanol–water partition coefficient (Wildman–Crippen LogP) is -1.31. The maximum absolute atomic E-state index is 13.2. The summed E-state index contributed by atoms with van der Waals surface area (Å²) in [5.41, 5.74) is 6.10. The first-order valence-electron chi connectivity index (χ1n) is 13.1. The van der Waals surface area contributed by atoms with Gasteiger partial charge in [-0.15, -0.1) is 16.9 Å². The van der Waals surface area contributed by atoms with E-state index in [4.69, 9.17) is 10.5 Å². The average molecular weight is 563 g/mol. The van der Waals surface area contributed by atoms with Crippen LogP contribution < -0.4 is 11.1 Å². The SMILES string of the molecule is CO[C@H]1CN(C(=O)[C@@H]2C[C@H](SC3=C(C(=O)O)N4C(=O)[C@H]([C@@H](C)CC(=O)Cn5cnnn5)[C@H]4[C@H]3C)CN2)C[C@@H]1N. The summed E-state index contributed by atoms with van der Waals surface area (Å²) in [5.74, 6) is -2.45. The molecule has 8 atom stereocenters. The number of nitrogens with one attached hydrogen (secondary N) is 1. The molecule has 4 N–H and O–H groups in total. The van der Waals surface area contributed by atoms with Gasteiger partial charge in [-0.1, -0.05) is 13.8 Å². The second-order valence-corrected chi connectivity index (χ2v) is 12.2. The lowest BCUT2D eigenvalue weighted by Crippen LogP contribution is -2.62. The van der Waals surface area contributed by atoms with Gasteiger partial charge in [0.1, 0.15) is 18.6 Å². The number of likely N-dealkylation sites (tertiary alicyclic amines) is 1. The van der Waals surface area contributed by atoms with E-state index < -0.39 is 11.9 Å². The highest BCUT2D eigenvalue weighted by Crippen LogP contribution is 2.53. The highest BCUT2D eigenvalue weighted by Gasteiger charge is 2.60. The lowest BCUT2D eigenvalue weighted by molar-refractivity contribution is -0.160. The molecule has 212 valence electrons. The highest BCUT2D eigenvalue weighted by molar-refractivity contribution is 8.03. The van der Waals surface area contributed by atoms with Crippen molar-refractivity contribution in [2.75, 3.05) is 26.7 Å². The molecule has 1 aromatic rings. The fraction of sp³-hybridized carbons (Fsp3) is 0.708. The van der Waals surface area contributed by atoms with Gasteiger partial charge in [-0.2, -0.15) is 0 Å². The monoisotopic (exact) mass is 562 g/mol. The molecule has 39 heavy (non-hydrogen) atoms. The van der Waals surface area contributed by atoms with Crippen molar-refractivity contribution in [2.45, 2.75) is 62.7 Å². The van der Waals surface area contributed by atoms with E-state index in [9.17, 15) is 24.3 Å². The molecule has 0 bridgehead atoms. The zero-order valence-corrected chi connectivity index (χ0v) is 22.9. The lowest BCUT2D eigenvalue weighted by atomic mass is 9.73. The van der Waals surface area contributed by atoms with Crippen molar-refractivity contribution in [3.05, 3.63) is 16.9 Å². The second kappa shape index (κ2) is 10.9. The highest BCUT2D eigenvalue weighted by atomic mass is 32.2. The molecule has 0 spiro atoms. The minimum absolute atomic E-state index is 0.0198. The number of rotatable bonds is 10. The van der Waals surface area contributed by atoms with Gasteiger partial charge in [-0.25, -0.2) is 9.48 Å². The zero-order chi connectivity index (χ0) is 28.0. The van der Waals surface area contributed by atoms with Crippen LogP contribution in [0.15, 0.2) is 16.9 Å². The number of nitrogens with zero attached hydrogens (tertiary/aromatic N) is 6. The largest absolute Gasteiger partial charge is 0.477 e. The van der Waals surface area contributed by atoms with Crippen LogP contribution >= 0.6 is 11.8 Å². The Hall–Kier alpha value is -2.88. The maximum atomic E-state index is 13.2. The Kier molecular flexibility index (Phi) is 7.77. The van der Waals surface area contributed by atoms with Gasteiger partial charge in [0.2, 0.25) is 11.8 Å². The van der Waals surface area contributed by atoms with Crippen LogP contribution in [0.3, 0.4) is 0 Å². The first-order valence-corrected chi connectivity index (χ1v) is 14.0. The summed E-state index contributed by atoms with van der Waals surface area (Å²) in [6.45, 7) is 5.25. The molecule has 0 unspecified atom stereocenters. The van der Waals surface area contributed by atoms with Crippen LogP contribution in [0.5, 0.6) is 0 Å². The van der Waals surface area contributed by atoms with Crippen molar-refractivity contribution in [3.63, 3.8) is 0 Å². The van der Waals surface area contributed by atoms with Crippen LogP contribution in [0.1, 0.15) is 26.7 Å². The van der Waals surface area contributed by atoms with Gasteiger partial charge >= 0.3 is 5.97 Å². The minimum atomic E-state index is -1.14. The van der Waals surface area contributed by atoms with E-state index in [2.05, 4.69) is 20.8 Å². The van der Waals surface area contributed by atoms with Gasteiger partial charge in [0.15, 0.2) is 5.78 Å². The molecule has 5 heterocycles. The molecule has 3 fully saturated rings. The lowest BCUT2D eigenvalue weighted by Gasteiger charge is -2.47. The third-order valence-electron chi connectivity index (χ3n) is 8.29. The minimum Gasteiger partial charge on any atom is -0.477 e. The van der Waals surface area contributed by atoms with Crippen molar-refractivity contribution < 1.29 is 29.0 Å². The number of carbonyl (C=O) groups excluding carboxylic acids is 3. The van der Waals surface area contributed by atoms with Crippen LogP contribution in [0.2, 0.25) is 0 Å². The molecule has 3 saturated heterocycles. The number of thioether (sulfide) groups is 1. The number of fused-ring (bicyclic) bond motifs is 1. The molecular formula is C24H34N8O6S. The van der Waals surface area contributed by atoms with Crippen LogP contribution in [0.4, 0.5) is 0 Å². The number of nitrogens with two attached hydrogens (primary N) is 1. The smallest absolute Gasteiger partial charge is 0.353 e. The standard InChI is InChI=1S/C24H34N8O6S/c1-11(4-13(33)7-31-10-27-28-29-31)18-19-12(2)21(20(24(36)37)32(19)23(18)35)39-14-5-16(26-6-14)22(34)30-8-15(25)17(9-30)38-3/h10-12,14-19,26H,4-9,25H2,1-3H3,(H,36,37)/t11-,12+,14-,15-,16-,17-,18+,19+/m0/s1. The molecule has 0 aliphatic carbocycles. The van der Waals surface area contributed by atoms with E-state index in [1.165, 1.54) is 27.7 Å². The summed E-state index contributed by atoms with van der Waals surface area (Å²) in [4.78, 5) is 54.9. The number of hydrogen-bond donors (Lipinski definition) is 3.